The van der Waals surface area contributed by atoms with Gasteiger partial charge < -0.3 is 11.1 Å². The molecule has 0 aliphatic carbocycles. The number of aromatic nitrogens is 1. The smallest absolute Gasteiger partial charge is 0.257 e. The third kappa shape index (κ3) is 2.60. The van der Waals surface area contributed by atoms with E-state index in [1.54, 1.807) is 36.7 Å². The fraction of sp³-hybridized carbons (Fsp3) is 0.0769. The summed E-state index contributed by atoms with van der Waals surface area (Å²) >= 11 is 0. The first kappa shape index (κ1) is 11.1. The van der Waals surface area contributed by atoms with Crippen molar-refractivity contribution in [2.24, 2.45) is 0 Å². The third-order valence-electron chi connectivity index (χ3n) is 2.37. The van der Waals surface area contributed by atoms with E-state index in [0.29, 0.717) is 16.9 Å². The van der Waals surface area contributed by atoms with Crippen LogP contribution < -0.4 is 11.1 Å². The molecule has 4 heteroatoms. The fourth-order valence-corrected chi connectivity index (χ4v) is 1.50. The molecule has 1 amide bonds. The number of aryl methyl sites for hydroxylation is 1. The zero-order valence-corrected chi connectivity index (χ0v) is 9.47. The zero-order chi connectivity index (χ0) is 12.3. The Balaban J connectivity index is 2.23. The van der Waals surface area contributed by atoms with Crippen molar-refractivity contribution in [1.82, 2.24) is 4.98 Å². The molecular weight excluding hydrogens is 214 g/mol. The van der Waals surface area contributed by atoms with Crippen LogP contribution in [-0.4, -0.2) is 10.9 Å². The Kier molecular flexibility index (Phi) is 3.05. The van der Waals surface area contributed by atoms with Crippen LogP contribution >= 0.6 is 0 Å². The van der Waals surface area contributed by atoms with Gasteiger partial charge in [0.25, 0.3) is 5.91 Å². The average Bonchev–Trinajstić information content (AvgIpc) is 2.33. The highest BCUT2D eigenvalue weighted by molar-refractivity contribution is 6.07. The van der Waals surface area contributed by atoms with Crippen molar-refractivity contribution in [2.75, 3.05) is 11.1 Å². The number of nitrogens with two attached hydrogens (primary N) is 1. The molecule has 4 nitrogen and oxygen atoms in total. The van der Waals surface area contributed by atoms with Crippen LogP contribution in [-0.2, 0) is 0 Å². The van der Waals surface area contributed by atoms with Crippen LogP contribution in [0.1, 0.15) is 15.9 Å². The maximum atomic E-state index is 12.0. The summed E-state index contributed by atoms with van der Waals surface area (Å²) in [6.45, 7) is 1.92. The highest BCUT2D eigenvalue weighted by Crippen LogP contribution is 2.15. The summed E-state index contributed by atoms with van der Waals surface area (Å²) < 4.78 is 0. The predicted octanol–water partition coefficient (Wildman–Crippen LogP) is 2.22. The molecule has 0 aliphatic heterocycles. The molecule has 17 heavy (non-hydrogen) atoms. The van der Waals surface area contributed by atoms with Gasteiger partial charge in [0.2, 0.25) is 0 Å². The summed E-state index contributed by atoms with van der Waals surface area (Å²) in [6.07, 6.45) is 3.24. The number of amides is 1. The van der Waals surface area contributed by atoms with Crippen LogP contribution in [0, 0.1) is 6.92 Å². The van der Waals surface area contributed by atoms with Gasteiger partial charge >= 0.3 is 0 Å². The number of hydrogen-bond acceptors (Lipinski definition) is 3. The maximum Gasteiger partial charge on any atom is 0.257 e. The molecule has 1 aromatic heterocycles. The normalized spacial score (nSPS) is 9.94. The van der Waals surface area contributed by atoms with Crippen molar-refractivity contribution in [3.63, 3.8) is 0 Å². The Morgan fingerprint density at radius 2 is 2.18 bits per heavy atom. The van der Waals surface area contributed by atoms with Crippen LogP contribution in [0.3, 0.4) is 0 Å². The van der Waals surface area contributed by atoms with Crippen LogP contribution in [0.2, 0.25) is 0 Å². The Hall–Kier alpha value is -2.36. The molecule has 1 heterocycles. The van der Waals surface area contributed by atoms with Gasteiger partial charge in [0.05, 0.1) is 17.4 Å². The van der Waals surface area contributed by atoms with Gasteiger partial charge in [-0.3, -0.25) is 9.78 Å². The van der Waals surface area contributed by atoms with E-state index in [9.17, 15) is 4.79 Å². The molecular formula is C13H13N3O. The highest BCUT2D eigenvalue weighted by atomic mass is 16.1. The van der Waals surface area contributed by atoms with Crippen molar-refractivity contribution in [3.8, 4) is 0 Å². The number of benzene rings is 1. The average molecular weight is 227 g/mol. The summed E-state index contributed by atoms with van der Waals surface area (Å²) in [4.78, 5) is 15.9. The van der Waals surface area contributed by atoms with E-state index >= 15 is 0 Å². The minimum absolute atomic E-state index is 0.223. The summed E-state index contributed by atoms with van der Waals surface area (Å²) in [5.74, 6) is -0.223. The molecule has 0 spiro atoms. The first-order valence-corrected chi connectivity index (χ1v) is 5.24. The van der Waals surface area contributed by atoms with E-state index < -0.39 is 0 Å². The molecule has 0 fully saturated rings. The molecule has 3 N–H and O–H groups in total. The SMILES string of the molecule is Cc1ccc(N)c(C(=O)Nc2cccnc2)c1. The molecule has 0 aliphatic rings. The largest absolute Gasteiger partial charge is 0.398 e. The number of hydrogen-bond donors (Lipinski definition) is 2. The van der Waals surface area contributed by atoms with Crippen LogP contribution in [0.4, 0.5) is 11.4 Å². The minimum Gasteiger partial charge on any atom is -0.398 e. The van der Waals surface area contributed by atoms with Crippen molar-refractivity contribution in [1.29, 1.82) is 0 Å². The molecule has 1 aromatic carbocycles. The van der Waals surface area contributed by atoms with Crippen LogP contribution in [0.15, 0.2) is 42.7 Å². The monoisotopic (exact) mass is 227 g/mol. The van der Waals surface area contributed by atoms with Gasteiger partial charge in [-0.25, -0.2) is 0 Å². The number of nitrogens with zero attached hydrogens (tertiary/aromatic N) is 1. The molecule has 0 saturated heterocycles. The van der Waals surface area contributed by atoms with Crippen LogP contribution in [0.25, 0.3) is 0 Å². The van der Waals surface area contributed by atoms with E-state index in [1.165, 1.54) is 0 Å². The van der Waals surface area contributed by atoms with Crippen LogP contribution in [0.5, 0.6) is 0 Å². The second kappa shape index (κ2) is 4.65. The number of anilines is 2. The van der Waals surface area contributed by atoms with Gasteiger partial charge in [0.15, 0.2) is 0 Å². The maximum absolute atomic E-state index is 12.0. The summed E-state index contributed by atoms with van der Waals surface area (Å²) in [5.41, 5.74) is 8.36. The summed E-state index contributed by atoms with van der Waals surface area (Å²) in [5, 5.41) is 2.74. The fourth-order valence-electron chi connectivity index (χ4n) is 1.50. The highest BCUT2D eigenvalue weighted by Gasteiger charge is 2.09. The lowest BCUT2D eigenvalue weighted by atomic mass is 10.1. The number of nitrogens with one attached hydrogen (secondary N) is 1. The molecule has 0 unspecified atom stereocenters. The third-order valence-corrected chi connectivity index (χ3v) is 2.37. The lowest BCUT2D eigenvalue weighted by Crippen LogP contribution is -2.14. The Morgan fingerprint density at radius 1 is 1.35 bits per heavy atom. The lowest BCUT2D eigenvalue weighted by Gasteiger charge is -2.07. The first-order valence-electron chi connectivity index (χ1n) is 5.24. The molecule has 0 bridgehead atoms. The zero-order valence-electron chi connectivity index (χ0n) is 9.47. The summed E-state index contributed by atoms with van der Waals surface area (Å²) in [7, 11) is 0. The van der Waals surface area contributed by atoms with Crippen molar-refractivity contribution >= 4 is 17.3 Å². The summed E-state index contributed by atoms with van der Waals surface area (Å²) in [6, 6.07) is 8.90. The first-order chi connectivity index (χ1) is 8.16. The second-order valence-corrected chi connectivity index (χ2v) is 3.79. The molecule has 86 valence electrons. The molecule has 0 atom stereocenters. The van der Waals surface area contributed by atoms with E-state index in [-0.39, 0.29) is 5.91 Å². The van der Waals surface area contributed by atoms with Gasteiger partial charge in [0.1, 0.15) is 0 Å². The molecule has 2 aromatic rings. The number of rotatable bonds is 2. The Labute approximate surface area is 99.5 Å². The van der Waals surface area contributed by atoms with Gasteiger partial charge in [-0.2, -0.15) is 0 Å². The second-order valence-electron chi connectivity index (χ2n) is 3.79. The molecule has 2 rings (SSSR count). The molecule has 0 radical (unpaired) electrons. The van der Waals surface area contributed by atoms with Crippen molar-refractivity contribution < 1.29 is 4.79 Å². The Morgan fingerprint density at radius 3 is 2.88 bits per heavy atom. The van der Waals surface area contributed by atoms with Gasteiger partial charge in [0, 0.05) is 11.9 Å². The van der Waals surface area contributed by atoms with Crippen molar-refractivity contribution in [2.45, 2.75) is 6.92 Å². The number of carbonyl (C=O) groups excluding carboxylic acids is 1. The Bertz CT molecular complexity index is 538. The van der Waals surface area contributed by atoms with E-state index in [4.69, 9.17) is 5.73 Å². The topological polar surface area (TPSA) is 68.0 Å². The van der Waals surface area contributed by atoms with E-state index in [0.717, 1.165) is 5.56 Å². The number of nitrogen functional groups attached to an aromatic ring is 1. The predicted molar refractivity (Wildman–Crippen MR) is 67.8 cm³/mol. The number of carbonyl (C=O) groups is 1. The van der Waals surface area contributed by atoms with Gasteiger partial charge in [-0.15, -0.1) is 0 Å². The standard InChI is InChI=1S/C13H13N3O/c1-9-4-5-12(14)11(7-9)13(17)16-10-3-2-6-15-8-10/h2-8H,14H2,1H3,(H,16,17). The number of pyridine rings is 1. The van der Waals surface area contributed by atoms with Gasteiger partial charge in [-0.05, 0) is 31.2 Å². The van der Waals surface area contributed by atoms with E-state index in [1.807, 2.05) is 13.0 Å². The minimum atomic E-state index is -0.223. The lowest BCUT2D eigenvalue weighted by molar-refractivity contribution is 0.102. The molecule has 0 saturated carbocycles. The quantitative estimate of drug-likeness (QED) is 0.773. The van der Waals surface area contributed by atoms with Crippen molar-refractivity contribution in [3.05, 3.63) is 53.9 Å². The van der Waals surface area contributed by atoms with E-state index in [2.05, 4.69) is 10.3 Å². The van der Waals surface area contributed by atoms with Gasteiger partial charge in [-0.1, -0.05) is 11.6 Å².